The average molecular weight is 596 g/mol. The van der Waals surface area contributed by atoms with Gasteiger partial charge in [-0.1, -0.05) is 94.8 Å². The summed E-state index contributed by atoms with van der Waals surface area (Å²) in [5.41, 5.74) is 3.73. The van der Waals surface area contributed by atoms with Crippen molar-refractivity contribution < 1.29 is 14.3 Å². The van der Waals surface area contributed by atoms with Crippen molar-refractivity contribution in [3.05, 3.63) is 123 Å². The summed E-state index contributed by atoms with van der Waals surface area (Å²) in [6.45, 7) is 1.49. The van der Waals surface area contributed by atoms with Crippen LogP contribution in [0, 0.1) is 0 Å². The molecule has 0 fully saturated rings. The second kappa shape index (κ2) is 10.3. The van der Waals surface area contributed by atoms with E-state index in [-0.39, 0.29) is 23.5 Å². The lowest BCUT2D eigenvalue weighted by atomic mass is 9.87. The van der Waals surface area contributed by atoms with Crippen molar-refractivity contribution in [2.24, 2.45) is 0 Å². The van der Waals surface area contributed by atoms with Crippen LogP contribution in [0.4, 0.5) is 0 Å². The predicted octanol–water partition coefficient (Wildman–Crippen LogP) is 8.92. The molecule has 0 aliphatic heterocycles. The van der Waals surface area contributed by atoms with E-state index in [1.165, 1.54) is 18.3 Å². The monoisotopic (exact) mass is 594 g/mol. The highest BCUT2D eigenvalue weighted by molar-refractivity contribution is 9.10. The van der Waals surface area contributed by atoms with Gasteiger partial charge in [-0.15, -0.1) is 11.3 Å². The molecule has 1 N–H and O–H groups in total. The number of carbonyl (C=O) groups excluding carboxylic acids is 1. The van der Waals surface area contributed by atoms with E-state index in [0.717, 1.165) is 41.7 Å². The molecule has 1 unspecified atom stereocenters. The Kier molecular flexibility index (Phi) is 6.67. The number of Topliss-reactive ketones (excluding diaryl/α,β-unsaturated/α-hetero) is 1. The fourth-order valence-electron chi connectivity index (χ4n) is 5.18. The normalized spacial score (nSPS) is 12.2. The minimum absolute atomic E-state index is 0.0805. The first kappa shape index (κ1) is 25.3. The molecule has 6 heteroatoms. The van der Waals surface area contributed by atoms with Crippen molar-refractivity contribution >= 4 is 54.1 Å². The summed E-state index contributed by atoms with van der Waals surface area (Å²) < 4.78 is 7.78. The van der Waals surface area contributed by atoms with Gasteiger partial charge < -0.3 is 9.52 Å². The van der Waals surface area contributed by atoms with Crippen LogP contribution in [0.5, 0.6) is 5.75 Å². The Hall–Kier alpha value is -4.00. The molecular formula is C33H23BrO4S. The van der Waals surface area contributed by atoms with Crippen LogP contribution in [-0.2, 0) is 4.79 Å². The maximum absolute atomic E-state index is 13.5. The highest BCUT2D eigenvalue weighted by atomic mass is 79.9. The molecule has 39 heavy (non-hydrogen) atoms. The molecule has 6 rings (SSSR count). The number of ketones is 1. The third kappa shape index (κ3) is 4.60. The van der Waals surface area contributed by atoms with Gasteiger partial charge in [-0.05, 0) is 41.8 Å². The smallest absolute Gasteiger partial charge is 0.343 e. The van der Waals surface area contributed by atoms with Gasteiger partial charge in [0.15, 0.2) is 5.58 Å². The second-order valence-electron chi connectivity index (χ2n) is 9.52. The topological polar surface area (TPSA) is 67.5 Å². The molecule has 2 heterocycles. The summed E-state index contributed by atoms with van der Waals surface area (Å²) in [4.78, 5) is 26.7. The third-order valence-electron chi connectivity index (χ3n) is 6.95. The van der Waals surface area contributed by atoms with Gasteiger partial charge in [0.05, 0.1) is 15.6 Å². The molecule has 0 saturated heterocycles. The van der Waals surface area contributed by atoms with Gasteiger partial charge in [0.25, 0.3) is 0 Å². The first-order chi connectivity index (χ1) is 18.9. The van der Waals surface area contributed by atoms with Crippen LogP contribution < -0.4 is 5.63 Å². The van der Waals surface area contributed by atoms with Gasteiger partial charge in [0.1, 0.15) is 11.5 Å². The summed E-state index contributed by atoms with van der Waals surface area (Å²) in [7, 11) is 0. The summed E-state index contributed by atoms with van der Waals surface area (Å²) in [5, 5.41) is 12.9. The Bertz CT molecular complexity index is 1890. The van der Waals surface area contributed by atoms with E-state index in [0.29, 0.717) is 11.0 Å². The van der Waals surface area contributed by atoms with E-state index in [1.54, 1.807) is 6.07 Å². The molecule has 6 aromatic rings. The first-order valence-corrected chi connectivity index (χ1v) is 14.1. The van der Waals surface area contributed by atoms with Crippen molar-refractivity contribution in [3.8, 4) is 27.3 Å². The molecular weight excluding hydrogens is 572 g/mol. The van der Waals surface area contributed by atoms with E-state index in [9.17, 15) is 14.7 Å². The zero-order valence-corrected chi connectivity index (χ0v) is 23.4. The van der Waals surface area contributed by atoms with E-state index >= 15 is 0 Å². The van der Waals surface area contributed by atoms with Crippen LogP contribution in [0.1, 0.15) is 30.4 Å². The molecule has 0 aliphatic rings. The average Bonchev–Trinajstić information content (AvgIpc) is 3.34. The van der Waals surface area contributed by atoms with E-state index < -0.39 is 11.5 Å². The second-order valence-corrected chi connectivity index (χ2v) is 11.5. The maximum atomic E-state index is 13.5. The number of carbonyl (C=O) groups is 1. The van der Waals surface area contributed by atoms with Crippen LogP contribution in [0.3, 0.4) is 0 Å². The summed E-state index contributed by atoms with van der Waals surface area (Å²) >= 11 is 5.06. The summed E-state index contributed by atoms with van der Waals surface area (Å²) in [6, 6.07) is 31.3. The van der Waals surface area contributed by atoms with Gasteiger partial charge in [0, 0.05) is 32.6 Å². The van der Waals surface area contributed by atoms with Crippen LogP contribution >= 0.6 is 27.3 Å². The van der Waals surface area contributed by atoms with Crippen LogP contribution in [0.25, 0.3) is 42.6 Å². The number of hydrogen-bond donors (Lipinski definition) is 1. The van der Waals surface area contributed by atoms with Gasteiger partial charge in [-0.3, -0.25) is 4.79 Å². The Morgan fingerprint density at radius 3 is 2.18 bits per heavy atom. The summed E-state index contributed by atoms with van der Waals surface area (Å²) in [5.74, 6) is -0.831. The fourth-order valence-corrected chi connectivity index (χ4v) is 6.75. The number of thiophene rings is 1. The molecule has 0 bridgehead atoms. The number of aromatic hydroxyl groups is 1. The number of hydrogen-bond acceptors (Lipinski definition) is 5. The molecule has 0 amide bonds. The lowest BCUT2D eigenvalue weighted by Crippen LogP contribution is -2.16. The van der Waals surface area contributed by atoms with E-state index in [4.69, 9.17) is 4.42 Å². The zero-order chi connectivity index (χ0) is 27.1. The standard InChI is InChI=1S/C33H23BrO4S/c1-19(35)18-26(20-8-4-2-5-9-20)28-29(36)25-17-16-24-27(21-12-14-23(34)15-13-21)31(22-10-6-3-7-11-22)39-32(24)30(25)38-33(28)37/h2-17,26,36H,18H2,1H3. The number of benzene rings is 4. The Morgan fingerprint density at radius 1 is 0.872 bits per heavy atom. The first-order valence-electron chi connectivity index (χ1n) is 12.5. The lowest BCUT2D eigenvalue weighted by molar-refractivity contribution is -0.117. The summed E-state index contributed by atoms with van der Waals surface area (Å²) in [6.07, 6.45) is 0.0843. The maximum Gasteiger partial charge on any atom is 0.343 e. The fraction of sp³-hybridized carbons (Fsp3) is 0.0909. The van der Waals surface area contributed by atoms with Crippen molar-refractivity contribution in [1.82, 2.24) is 0 Å². The van der Waals surface area contributed by atoms with Gasteiger partial charge >= 0.3 is 5.63 Å². The minimum Gasteiger partial charge on any atom is -0.507 e. The molecule has 1 atom stereocenters. The van der Waals surface area contributed by atoms with Gasteiger partial charge in [-0.2, -0.15) is 0 Å². The highest BCUT2D eigenvalue weighted by Gasteiger charge is 2.27. The molecule has 4 aromatic carbocycles. The molecule has 0 spiro atoms. The molecule has 192 valence electrons. The lowest BCUT2D eigenvalue weighted by Gasteiger charge is -2.17. The zero-order valence-electron chi connectivity index (χ0n) is 21.0. The van der Waals surface area contributed by atoms with Crippen molar-refractivity contribution in [3.63, 3.8) is 0 Å². The minimum atomic E-state index is -0.637. The number of fused-ring (bicyclic) bond motifs is 3. The molecule has 2 aromatic heterocycles. The van der Waals surface area contributed by atoms with Crippen LogP contribution in [0.15, 0.2) is 111 Å². The van der Waals surface area contributed by atoms with E-state index in [2.05, 4.69) is 40.2 Å². The molecule has 0 saturated carbocycles. The number of rotatable bonds is 6. The highest BCUT2D eigenvalue weighted by Crippen LogP contribution is 2.48. The Morgan fingerprint density at radius 2 is 1.51 bits per heavy atom. The molecule has 0 radical (unpaired) electrons. The largest absolute Gasteiger partial charge is 0.507 e. The van der Waals surface area contributed by atoms with Crippen molar-refractivity contribution in [2.45, 2.75) is 19.3 Å². The van der Waals surface area contributed by atoms with Crippen LogP contribution in [0.2, 0.25) is 0 Å². The third-order valence-corrected chi connectivity index (χ3v) is 8.73. The van der Waals surface area contributed by atoms with Gasteiger partial charge in [-0.25, -0.2) is 4.79 Å². The SMILES string of the molecule is CC(=O)CC(c1ccccc1)c1c(O)c2ccc3c(-c4ccc(Br)cc4)c(-c4ccccc4)sc3c2oc1=O. The predicted molar refractivity (Wildman–Crippen MR) is 162 cm³/mol. The molecule has 0 aliphatic carbocycles. The Labute approximate surface area is 237 Å². The van der Waals surface area contributed by atoms with Crippen LogP contribution in [-0.4, -0.2) is 10.9 Å². The molecule has 4 nitrogen and oxygen atoms in total. The van der Waals surface area contributed by atoms with Crippen molar-refractivity contribution in [2.75, 3.05) is 0 Å². The van der Waals surface area contributed by atoms with E-state index in [1.807, 2.05) is 66.7 Å². The number of halogens is 1. The van der Waals surface area contributed by atoms with Crippen molar-refractivity contribution in [1.29, 1.82) is 0 Å². The van der Waals surface area contributed by atoms with Gasteiger partial charge in [0.2, 0.25) is 0 Å². The Balaban J connectivity index is 1.64. The quantitative estimate of drug-likeness (QED) is 0.195.